The first-order chi connectivity index (χ1) is 9.25. The lowest BCUT2D eigenvalue weighted by molar-refractivity contribution is -0.184. The van der Waals surface area contributed by atoms with Crippen LogP contribution in [0.1, 0.15) is 45.4 Å². The van der Waals surface area contributed by atoms with Crippen molar-refractivity contribution < 1.29 is 27.9 Å². The Kier molecular flexibility index (Phi) is 5.83. The van der Waals surface area contributed by atoms with Crippen molar-refractivity contribution in [1.82, 2.24) is 5.32 Å². The van der Waals surface area contributed by atoms with Crippen molar-refractivity contribution in [3.63, 3.8) is 0 Å². The average molecular weight is 295 g/mol. The van der Waals surface area contributed by atoms with Crippen molar-refractivity contribution in [3.8, 4) is 0 Å². The van der Waals surface area contributed by atoms with Crippen LogP contribution in [0.3, 0.4) is 0 Å². The number of carboxylic acids is 1. The van der Waals surface area contributed by atoms with Crippen molar-refractivity contribution in [2.24, 2.45) is 11.8 Å². The summed E-state index contributed by atoms with van der Waals surface area (Å²) in [5.41, 5.74) is 0. The van der Waals surface area contributed by atoms with E-state index in [0.29, 0.717) is 12.8 Å². The molecule has 0 bridgehead atoms. The van der Waals surface area contributed by atoms with E-state index in [4.69, 9.17) is 5.11 Å². The summed E-state index contributed by atoms with van der Waals surface area (Å²) in [7, 11) is 0. The number of carbonyl (C=O) groups excluding carboxylic acids is 1. The number of alkyl halides is 3. The highest BCUT2D eigenvalue weighted by molar-refractivity contribution is 5.84. The molecule has 1 aliphatic rings. The number of carboxylic acid groups (broad SMARTS) is 1. The summed E-state index contributed by atoms with van der Waals surface area (Å²) in [5, 5.41) is 11.4. The van der Waals surface area contributed by atoms with Crippen molar-refractivity contribution in [1.29, 1.82) is 0 Å². The van der Waals surface area contributed by atoms with Crippen LogP contribution < -0.4 is 5.32 Å². The smallest absolute Gasteiger partial charge is 0.391 e. The second-order valence-corrected chi connectivity index (χ2v) is 5.28. The van der Waals surface area contributed by atoms with Gasteiger partial charge in [-0.3, -0.25) is 4.79 Å². The predicted octanol–water partition coefficient (Wildman–Crippen LogP) is 2.72. The molecule has 0 heterocycles. The molecule has 1 saturated carbocycles. The van der Waals surface area contributed by atoms with E-state index in [0.717, 1.165) is 0 Å². The molecule has 0 radical (unpaired) electrons. The van der Waals surface area contributed by atoms with Gasteiger partial charge in [0.05, 0.1) is 5.92 Å². The zero-order valence-corrected chi connectivity index (χ0v) is 11.4. The van der Waals surface area contributed by atoms with Crippen LogP contribution in [-0.2, 0) is 9.59 Å². The molecule has 116 valence electrons. The molecule has 0 unspecified atom stereocenters. The molecule has 0 saturated heterocycles. The van der Waals surface area contributed by atoms with Crippen molar-refractivity contribution >= 4 is 11.9 Å². The molecule has 2 N–H and O–H groups in total. The summed E-state index contributed by atoms with van der Waals surface area (Å²) in [4.78, 5) is 22.8. The Bertz CT molecular complexity index is 349. The van der Waals surface area contributed by atoms with Gasteiger partial charge < -0.3 is 10.4 Å². The molecular formula is C13H20F3NO3. The van der Waals surface area contributed by atoms with Gasteiger partial charge in [-0.2, -0.15) is 13.2 Å². The average Bonchev–Trinajstić information content (AvgIpc) is 2.37. The SMILES string of the molecule is CCC[C@H](NC(=O)C1CCC(C(F)(F)F)CC1)C(=O)O. The second kappa shape index (κ2) is 6.95. The Balaban J connectivity index is 2.48. The van der Waals surface area contributed by atoms with E-state index in [1.54, 1.807) is 6.92 Å². The lowest BCUT2D eigenvalue weighted by atomic mass is 9.81. The van der Waals surface area contributed by atoms with Crippen LogP contribution in [0.25, 0.3) is 0 Å². The number of rotatable bonds is 5. The standard InChI is InChI=1S/C13H20F3NO3/c1-2-3-10(12(19)20)17-11(18)8-4-6-9(7-5-8)13(14,15)16/h8-10H,2-7H2,1H3,(H,17,18)(H,19,20)/t8?,9?,10-/m0/s1. The van der Waals surface area contributed by atoms with Gasteiger partial charge in [-0.25, -0.2) is 4.79 Å². The fraction of sp³-hybridized carbons (Fsp3) is 0.846. The summed E-state index contributed by atoms with van der Waals surface area (Å²) in [5.74, 6) is -3.39. The number of amides is 1. The van der Waals surface area contributed by atoms with E-state index in [9.17, 15) is 22.8 Å². The fourth-order valence-corrected chi connectivity index (χ4v) is 2.52. The van der Waals surface area contributed by atoms with Crippen molar-refractivity contribution in [2.45, 2.75) is 57.7 Å². The van der Waals surface area contributed by atoms with Crippen molar-refractivity contribution in [2.75, 3.05) is 0 Å². The van der Waals surface area contributed by atoms with E-state index >= 15 is 0 Å². The third-order valence-corrected chi connectivity index (χ3v) is 3.75. The van der Waals surface area contributed by atoms with E-state index in [1.165, 1.54) is 0 Å². The summed E-state index contributed by atoms with van der Waals surface area (Å²) in [6, 6.07) is -0.951. The fourth-order valence-electron chi connectivity index (χ4n) is 2.52. The zero-order valence-electron chi connectivity index (χ0n) is 11.4. The van der Waals surface area contributed by atoms with Gasteiger partial charge in [0.15, 0.2) is 0 Å². The predicted molar refractivity (Wildman–Crippen MR) is 66.0 cm³/mol. The number of nitrogens with one attached hydrogen (secondary N) is 1. The minimum atomic E-state index is -4.20. The minimum absolute atomic E-state index is 0.0624. The molecule has 4 nitrogen and oxygen atoms in total. The normalized spacial score (nSPS) is 25.0. The molecule has 1 aliphatic carbocycles. The largest absolute Gasteiger partial charge is 0.480 e. The number of halogens is 3. The number of carbonyl (C=O) groups is 2. The summed E-state index contributed by atoms with van der Waals surface area (Å²) in [6.07, 6.45) is -3.08. The summed E-state index contributed by atoms with van der Waals surface area (Å²) < 4.78 is 37.5. The van der Waals surface area contributed by atoms with Gasteiger partial charge in [-0.15, -0.1) is 0 Å². The maximum atomic E-state index is 12.5. The highest BCUT2D eigenvalue weighted by Crippen LogP contribution is 2.39. The topological polar surface area (TPSA) is 66.4 Å². The Morgan fingerprint density at radius 3 is 2.20 bits per heavy atom. The summed E-state index contributed by atoms with van der Waals surface area (Å²) in [6.45, 7) is 1.80. The van der Waals surface area contributed by atoms with E-state index < -0.39 is 35.9 Å². The van der Waals surface area contributed by atoms with Gasteiger partial charge in [-0.1, -0.05) is 13.3 Å². The maximum Gasteiger partial charge on any atom is 0.391 e. The van der Waals surface area contributed by atoms with Crippen LogP contribution in [0, 0.1) is 11.8 Å². The lowest BCUT2D eigenvalue weighted by Crippen LogP contribution is -2.44. The molecule has 1 amide bonds. The minimum Gasteiger partial charge on any atom is -0.480 e. The molecule has 1 fully saturated rings. The number of aliphatic carboxylic acids is 1. The lowest BCUT2D eigenvalue weighted by Gasteiger charge is -2.29. The van der Waals surface area contributed by atoms with Crippen LogP contribution in [0.15, 0.2) is 0 Å². The molecule has 0 spiro atoms. The molecule has 0 aromatic heterocycles. The third-order valence-electron chi connectivity index (χ3n) is 3.75. The maximum absolute atomic E-state index is 12.5. The third kappa shape index (κ3) is 4.68. The van der Waals surface area contributed by atoms with Crippen molar-refractivity contribution in [3.05, 3.63) is 0 Å². The Labute approximate surface area is 115 Å². The number of hydrogen-bond acceptors (Lipinski definition) is 2. The summed E-state index contributed by atoms with van der Waals surface area (Å²) >= 11 is 0. The van der Waals surface area contributed by atoms with Gasteiger partial charge in [0.2, 0.25) is 5.91 Å². The number of hydrogen-bond donors (Lipinski definition) is 2. The van der Waals surface area contributed by atoms with Crippen LogP contribution in [-0.4, -0.2) is 29.2 Å². The van der Waals surface area contributed by atoms with Crippen LogP contribution in [0.2, 0.25) is 0 Å². The Morgan fingerprint density at radius 2 is 1.80 bits per heavy atom. The molecule has 0 aromatic rings. The molecule has 7 heteroatoms. The molecule has 0 aliphatic heterocycles. The van der Waals surface area contributed by atoms with Crippen LogP contribution in [0.4, 0.5) is 13.2 Å². The second-order valence-electron chi connectivity index (χ2n) is 5.28. The molecular weight excluding hydrogens is 275 g/mol. The molecule has 1 rings (SSSR count). The highest BCUT2D eigenvalue weighted by atomic mass is 19.4. The monoisotopic (exact) mass is 295 g/mol. The highest BCUT2D eigenvalue weighted by Gasteiger charge is 2.42. The van der Waals surface area contributed by atoms with E-state index in [1.807, 2.05) is 0 Å². The first-order valence-corrected chi connectivity index (χ1v) is 6.85. The zero-order chi connectivity index (χ0) is 15.3. The molecule has 20 heavy (non-hydrogen) atoms. The first-order valence-electron chi connectivity index (χ1n) is 6.85. The van der Waals surface area contributed by atoms with E-state index in [2.05, 4.69) is 5.32 Å². The van der Waals surface area contributed by atoms with Gasteiger partial charge in [0, 0.05) is 5.92 Å². The molecule has 0 aromatic carbocycles. The van der Waals surface area contributed by atoms with Crippen LogP contribution in [0.5, 0.6) is 0 Å². The van der Waals surface area contributed by atoms with Gasteiger partial charge in [0.1, 0.15) is 6.04 Å². The Morgan fingerprint density at radius 1 is 1.25 bits per heavy atom. The van der Waals surface area contributed by atoms with Gasteiger partial charge >= 0.3 is 12.1 Å². The Hall–Kier alpha value is -1.27. The molecule has 1 atom stereocenters. The van der Waals surface area contributed by atoms with E-state index in [-0.39, 0.29) is 25.7 Å². The van der Waals surface area contributed by atoms with Gasteiger partial charge in [0.25, 0.3) is 0 Å². The quantitative estimate of drug-likeness (QED) is 0.819. The van der Waals surface area contributed by atoms with Gasteiger partial charge in [-0.05, 0) is 32.1 Å². The van der Waals surface area contributed by atoms with Crippen LogP contribution >= 0.6 is 0 Å². The first kappa shape index (κ1) is 16.8.